The average molecular weight is 485 g/mol. The number of aliphatic hydroxyl groups is 3. The van der Waals surface area contributed by atoms with Crippen molar-refractivity contribution in [2.75, 3.05) is 6.54 Å². The van der Waals surface area contributed by atoms with Gasteiger partial charge in [0.05, 0.1) is 11.1 Å². The van der Waals surface area contributed by atoms with E-state index in [9.17, 15) is 30.0 Å². The lowest BCUT2D eigenvalue weighted by molar-refractivity contribution is -0.140. The van der Waals surface area contributed by atoms with Crippen molar-refractivity contribution in [1.29, 1.82) is 0 Å². The Morgan fingerprint density at radius 2 is 1.97 bits per heavy atom. The van der Waals surface area contributed by atoms with Crippen LogP contribution in [-0.4, -0.2) is 44.3 Å². The molecule has 8 nitrogen and oxygen atoms in total. The molecule has 0 aliphatic heterocycles. The lowest BCUT2D eigenvalue weighted by Gasteiger charge is -2.47. The molecule has 3 atom stereocenters. The summed E-state index contributed by atoms with van der Waals surface area (Å²) in [7, 11) is 0. The van der Waals surface area contributed by atoms with Gasteiger partial charge in [-0.3, -0.25) is 9.59 Å². The van der Waals surface area contributed by atoms with E-state index in [0.717, 1.165) is 19.4 Å². The SMILES string of the molecule is C=C1C(C(N)=O)=C(O)C[C@@H]2C[C@@H]3Cc4c(F)c(CNCC5CCC5)cc(O)c4C(O)=C3C(=O)[C@]12O. The van der Waals surface area contributed by atoms with Crippen LogP contribution >= 0.6 is 0 Å². The number of hydrogen-bond acceptors (Lipinski definition) is 7. The van der Waals surface area contributed by atoms with Crippen molar-refractivity contribution in [3.63, 3.8) is 0 Å². The van der Waals surface area contributed by atoms with Gasteiger partial charge in [-0.2, -0.15) is 0 Å². The van der Waals surface area contributed by atoms with Gasteiger partial charge in [-0.05, 0) is 50.1 Å². The van der Waals surface area contributed by atoms with Crippen molar-refractivity contribution in [3.8, 4) is 5.75 Å². The zero-order valence-electron chi connectivity index (χ0n) is 19.2. The molecule has 1 amide bonds. The Morgan fingerprint density at radius 1 is 1.26 bits per heavy atom. The molecule has 7 N–H and O–H groups in total. The number of hydrogen-bond donors (Lipinski definition) is 6. The van der Waals surface area contributed by atoms with Gasteiger partial charge in [0.1, 0.15) is 23.1 Å². The molecule has 186 valence electrons. The Balaban J connectivity index is 1.52. The molecule has 5 rings (SSSR count). The van der Waals surface area contributed by atoms with Crippen molar-refractivity contribution in [2.45, 2.75) is 50.7 Å². The summed E-state index contributed by atoms with van der Waals surface area (Å²) in [5, 5.41) is 46.7. The van der Waals surface area contributed by atoms with Gasteiger partial charge in [-0.1, -0.05) is 13.0 Å². The van der Waals surface area contributed by atoms with Crippen LogP contribution in [-0.2, 0) is 22.6 Å². The van der Waals surface area contributed by atoms with E-state index < -0.39 is 46.3 Å². The Kier molecular flexibility index (Phi) is 5.52. The van der Waals surface area contributed by atoms with E-state index in [-0.39, 0.29) is 65.2 Å². The number of benzene rings is 1. The van der Waals surface area contributed by atoms with E-state index in [1.165, 1.54) is 12.5 Å². The van der Waals surface area contributed by atoms with Crippen LogP contribution in [0.4, 0.5) is 4.39 Å². The number of Topliss-reactive ketones (excluding diaryl/α,β-unsaturated/α-hetero) is 1. The Labute approximate surface area is 201 Å². The molecule has 4 aliphatic carbocycles. The van der Waals surface area contributed by atoms with Crippen molar-refractivity contribution in [2.24, 2.45) is 23.5 Å². The Hall–Kier alpha value is -3.17. The lowest BCUT2D eigenvalue weighted by atomic mass is 9.57. The molecule has 2 saturated carbocycles. The van der Waals surface area contributed by atoms with Crippen molar-refractivity contribution < 1.29 is 34.4 Å². The summed E-state index contributed by atoms with van der Waals surface area (Å²) in [6.07, 6.45) is 3.47. The highest BCUT2D eigenvalue weighted by molar-refractivity contribution is 6.13. The van der Waals surface area contributed by atoms with Gasteiger partial charge in [0.15, 0.2) is 11.4 Å². The van der Waals surface area contributed by atoms with E-state index in [2.05, 4.69) is 11.9 Å². The molecule has 9 heteroatoms. The largest absolute Gasteiger partial charge is 0.511 e. The van der Waals surface area contributed by atoms with E-state index in [0.29, 0.717) is 5.92 Å². The highest BCUT2D eigenvalue weighted by Gasteiger charge is 2.58. The number of phenolic OH excluding ortho intramolecular Hbond substituents is 1. The zero-order valence-corrected chi connectivity index (χ0v) is 19.2. The Morgan fingerprint density at radius 3 is 2.60 bits per heavy atom. The minimum atomic E-state index is -2.26. The summed E-state index contributed by atoms with van der Waals surface area (Å²) in [6.45, 7) is 4.65. The van der Waals surface area contributed by atoms with Crippen LogP contribution in [0.1, 0.15) is 48.8 Å². The van der Waals surface area contributed by atoms with Crippen LogP contribution in [0.3, 0.4) is 0 Å². The third kappa shape index (κ3) is 3.40. The number of carbonyl (C=O) groups excluding carboxylic acids is 2. The predicted octanol–water partition coefficient (Wildman–Crippen LogP) is 2.44. The molecule has 35 heavy (non-hydrogen) atoms. The van der Waals surface area contributed by atoms with Gasteiger partial charge in [-0.15, -0.1) is 0 Å². The maximum atomic E-state index is 15.5. The summed E-state index contributed by atoms with van der Waals surface area (Å²) in [5.41, 5.74) is 2.42. The number of primary amides is 1. The molecule has 0 heterocycles. The zero-order chi connectivity index (χ0) is 25.2. The maximum Gasteiger partial charge on any atom is 0.252 e. The molecule has 0 aromatic heterocycles. The lowest BCUT2D eigenvalue weighted by Crippen LogP contribution is -2.57. The molecular formula is C26H29FN2O6. The first-order chi connectivity index (χ1) is 16.6. The number of ketones is 1. The van der Waals surface area contributed by atoms with Crippen LogP contribution in [0.15, 0.2) is 35.1 Å². The highest BCUT2D eigenvalue weighted by Crippen LogP contribution is 2.53. The van der Waals surface area contributed by atoms with Gasteiger partial charge in [-0.25, -0.2) is 4.39 Å². The number of phenols is 1. The highest BCUT2D eigenvalue weighted by atomic mass is 19.1. The molecule has 0 saturated heterocycles. The van der Waals surface area contributed by atoms with Gasteiger partial charge in [0, 0.05) is 41.2 Å². The number of nitrogens with two attached hydrogens (primary N) is 1. The van der Waals surface area contributed by atoms with Gasteiger partial charge in [0.25, 0.3) is 5.91 Å². The van der Waals surface area contributed by atoms with E-state index in [1.807, 2.05) is 0 Å². The van der Waals surface area contributed by atoms with Crippen LogP contribution in [0, 0.1) is 23.6 Å². The second kappa shape index (κ2) is 8.20. The summed E-state index contributed by atoms with van der Waals surface area (Å²) >= 11 is 0. The minimum Gasteiger partial charge on any atom is -0.511 e. The fraction of sp³-hybridized carbons (Fsp3) is 0.462. The van der Waals surface area contributed by atoms with Crippen molar-refractivity contribution >= 4 is 17.4 Å². The smallest absolute Gasteiger partial charge is 0.252 e. The number of aliphatic hydroxyl groups excluding tert-OH is 2. The number of aromatic hydroxyl groups is 1. The van der Waals surface area contributed by atoms with Crippen molar-refractivity contribution in [3.05, 3.63) is 57.6 Å². The first-order valence-corrected chi connectivity index (χ1v) is 11.9. The predicted molar refractivity (Wildman–Crippen MR) is 125 cm³/mol. The fourth-order valence-electron chi connectivity index (χ4n) is 6.13. The summed E-state index contributed by atoms with van der Waals surface area (Å²) in [6, 6.07) is 1.25. The van der Waals surface area contributed by atoms with Gasteiger partial charge >= 0.3 is 0 Å². The summed E-state index contributed by atoms with van der Waals surface area (Å²) in [4.78, 5) is 25.4. The van der Waals surface area contributed by atoms with Crippen molar-refractivity contribution in [1.82, 2.24) is 5.32 Å². The van der Waals surface area contributed by atoms with Crippen LogP contribution in [0.25, 0.3) is 5.76 Å². The number of halogens is 1. The normalized spacial score (nSPS) is 28.4. The van der Waals surface area contributed by atoms with Crippen LogP contribution in [0.2, 0.25) is 0 Å². The molecule has 0 bridgehead atoms. The third-order valence-corrected chi connectivity index (χ3v) is 8.23. The van der Waals surface area contributed by atoms with E-state index in [1.54, 1.807) is 0 Å². The summed E-state index contributed by atoms with van der Waals surface area (Å²) < 4.78 is 15.5. The monoisotopic (exact) mass is 484 g/mol. The number of fused-ring (bicyclic) bond motifs is 3. The van der Waals surface area contributed by atoms with Gasteiger partial charge in [0.2, 0.25) is 0 Å². The first-order valence-electron chi connectivity index (χ1n) is 11.9. The molecule has 0 spiro atoms. The molecule has 4 aliphatic rings. The number of allylic oxidation sites excluding steroid dienone is 1. The second-order valence-electron chi connectivity index (χ2n) is 10.2. The molecule has 1 aromatic carbocycles. The summed E-state index contributed by atoms with van der Waals surface area (Å²) in [5.74, 6) is -4.68. The number of nitrogens with one attached hydrogen (secondary N) is 1. The molecule has 1 aromatic rings. The van der Waals surface area contributed by atoms with E-state index in [4.69, 9.17) is 5.73 Å². The van der Waals surface area contributed by atoms with Gasteiger partial charge < -0.3 is 31.5 Å². The maximum absolute atomic E-state index is 15.5. The number of amides is 1. The average Bonchev–Trinajstić information content (AvgIpc) is 2.75. The standard InChI is InChI=1S/C26H29FN2O6/c1-11-19(25(28)34)18(31)8-15-5-13-6-16-21(23(32)20(13)24(33)26(11,15)35)17(30)7-14(22(16)27)10-29-9-12-3-2-4-12/h7,12-13,15,29-32,35H,1-6,8-10H2,(H2,28,34)/t13-,15+,26+/m1/s1. The van der Waals surface area contributed by atoms with Crippen LogP contribution < -0.4 is 11.1 Å². The molecule has 0 unspecified atom stereocenters. The Bertz CT molecular complexity index is 1230. The second-order valence-corrected chi connectivity index (χ2v) is 10.2. The van der Waals surface area contributed by atoms with E-state index >= 15 is 4.39 Å². The number of carbonyl (C=O) groups is 2. The molecular weight excluding hydrogens is 455 g/mol. The van der Waals surface area contributed by atoms with Crippen LogP contribution in [0.5, 0.6) is 5.75 Å². The molecule has 0 radical (unpaired) electrons. The minimum absolute atomic E-state index is 0.0303. The topological polar surface area (TPSA) is 153 Å². The third-order valence-electron chi connectivity index (χ3n) is 8.23. The first kappa shape index (κ1) is 23.6. The number of rotatable bonds is 5. The quantitative estimate of drug-likeness (QED) is 0.375. The fourth-order valence-corrected chi connectivity index (χ4v) is 6.13. The molecule has 2 fully saturated rings.